The highest BCUT2D eigenvalue weighted by molar-refractivity contribution is 6.23. The van der Waals surface area contributed by atoms with Gasteiger partial charge in [-0.25, -0.2) is 4.39 Å². The van der Waals surface area contributed by atoms with Gasteiger partial charge in [-0.3, -0.25) is 15.2 Å². The minimum Gasteiger partial charge on any atom is -0.384 e. The monoisotopic (exact) mass is 449 g/mol. The highest BCUT2D eigenvalue weighted by Gasteiger charge is 2.34. The Morgan fingerprint density at radius 3 is 2.58 bits per heavy atom. The summed E-state index contributed by atoms with van der Waals surface area (Å²) in [4.78, 5) is 18.7. The molecule has 3 rings (SSSR count). The summed E-state index contributed by atoms with van der Waals surface area (Å²) in [7, 11) is 0. The average Bonchev–Trinajstić information content (AvgIpc) is 2.78. The first-order chi connectivity index (χ1) is 15.7. The number of carbonyl (C=O) groups is 1. The lowest BCUT2D eigenvalue weighted by molar-refractivity contribution is -0.114. The second kappa shape index (κ2) is 10.1. The van der Waals surface area contributed by atoms with Gasteiger partial charge in [0.05, 0.1) is 35.5 Å². The fourth-order valence-electron chi connectivity index (χ4n) is 3.75. The normalized spacial score (nSPS) is 15.5. The van der Waals surface area contributed by atoms with E-state index in [0.717, 1.165) is 16.9 Å². The van der Waals surface area contributed by atoms with E-state index >= 15 is 0 Å². The van der Waals surface area contributed by atoms with E-state index in [-0.39, 0.29) is 17.8 Å². The number of nitrogens with zero attached hydrogens (tertiary/aromatic N) is 3. The maximum atomic E-state index is 13.1. The van der Waals surface area contributed by atoms with Crippen LogP contribution in [0.15, 0.2) is 48.3 Å². The molecule has 2 aromatic rings. The second-order valence-electron chi connectivity index (χ2n) is 8.27. The van der Waals surface area contributed by atoms with Crippen LogP contribution >= 0.6 is 0 Å². The quantitative estimate of drug-likeness (QED) is 0.292. The number of pyridine rings is 1. The number of carbonyl (C=O) groups excluding carboxylic acids is 1. The van der Waals surface area contributed by atoms with Gasteiger partial charge < -0.3 is 21.3 Å². The zero-order valence-electron chi connectivity index (χ0n) is 18.8. The van der Waals surface area contributed by atoms with Crippen LogP contribution < -0.4 is 21.3 Å². The summed E-state index contributed by atoms with van der Waals surface area (Å²) in [6, 6.07) is 9.77. The summed E-state index contributed by atoms with van der Waals surface area (Å²) in [5, 5.41) is 23.6. The maximum Gasteiger partial charge on any atom is 0.253 e. The van der Waals surface area contributed by atoms with Crippen molar-refractivity contribution in [2.45, 2.75) is 38.6 Å². The van der Waals surface area contributed by atoms with Crippen molar-refractivity contribution in [3.05, 3.63) is 65.4 Å². The van der Waals surface area contributed by atoms with Crippen LogP contribution in [0.25, 0.3) is 0 Å². The van der Waals surface area contributed by atoms with Gasteiger partial charge in [-0.2, -0.15) is 5.26 Å². The van der Waals surface area contributed by atoms with Gasteiger partial charge in [-0.05, 0) is 62.6 Å². The molecule has 5 N–H and O–H groups in total. The number of halogens is 1. The van der Waals surface area contributed by atoms with E-state index in [4.69, 9.17) is 11.1 Å². The minimum atomic E-state index is -0.784. The standard InChI is InChI=1S/C24H28FN7O/c1-16-13-20(14-29-17(16)2)32-11-8-24(7-10-26,9-12-32)30-15-21(23(28)33)22(27)31-19-5-3-18(25)4-6-19/h3-6,13-15,30H,7-9,11-12H2,1-2H3,(H2,27,31)(H2,28,33)/b21-15+. The number of piperidine rings is 1. The highest BCUT2D eigenvalue weighted by atomic mass is 19.1. The Balaban J connectivity index is 1.72. The number of hydrogen-bond donors (Lipinski definition) is 4. The predicted molar refractivity (Wildman–Crippen MR) is 126 cm³/mol. The van der Waals surface area contributed by atoms with Crippen LogP contribution in [0.1, 0.15) is 30.5 Å². The Hall–Kier alpha value is -3.93. The number of aromatic nitrogens is 1. The van der Waals surface area contributed by atoms with Crippen molar-refractivity contribution in [1.82, 2.24) is 10.3 Å². The summed E-state index contributed by atoms with van der Waals surface area (Å²) in [5.74, 6) is -1.40. The molecule has 0 saturated carbocycles. The van der Waals surface area contributed by atoms with Gasteiger partial charge in [0.1, 0.15) is 11.7 Å². The number of primary amides is 1. The molecule has 0 radical (unpaired) electrons. The number of benzene rings is 1. The predicted octanol–water partition coefficient (Wildman–Crippen LogP) is 3.14. The Morgan fingerprint density at radius 2 is 2.00 bits per heavy atom. The van der Waals surface area contributed by atoms with Crippen molar-refractivity contribution in [1.29, 1.82) is 10.7 Å². The number of nitrogens with two attached hydrogens (primary N) is 1. The largest absolute Gasteiger partial charge is 0.384 e. The number of amidine groups is 1. The number of anilines is 2. The molecule has 8 nitrogen and oxygen atoms in total. The molecule has 2 heterocycles. The van der Waals surface area contributed by atoms with E-state index in [0.29, 0.717) is 31.6 Å². The van der Waals surface area contributed by atoms with E-state index in [9.17, 15) is 14.4 Å². The van der Waals surface area contributed by atoms with Crippen molar-refractivity contribution in [2.75, 3.05) is 23.3 Å². The molecule has 0 atom stereocenters. The van der Waals surface area contributed by atoms with Gasteiger partial charge in [0.25, 0.3) is 5.91 Å². The molecule has 0 spiro atoms. The molecule has 1 aromatic carbocycles. The molecule has 33 heavy (non-hydrogen) atoms. The summed E-state index contributed by atoms with van der Waals surface area (Å²) >= 11 is 0. The zero-order valence-corrected chi connectivity index (χ0v) is 18.8. The van der Waals surface area contributed by atoms with Gasteiger partial charge >= 0.3 is 0 Å². The van der Waals surface area contributed by atoms with Crippen LogP contribution in [0.2, 0.25) is 0 Å². The first kappa shape index (κ1) is 23.7. The zero-order chi connectivity index (χ0) is 24.0. The molecule has 0 aliphatic carbocycles. The first-order valence-electron chi connectivity index (χ1n) is 10.7. The van der Waals surface area contributed by atoms with Crippen LogP contribution in [-0.2, 0) is 4.79 Å². The summed E-state index contributed by atoms with van der Waals surface area (Å²) in [5.41, 5.74) is 8.52. The maximum absolute atomic E-state index is 13.1. The van der Waals surface area contributed by atoms with Gasteiger partial charge in [-0.15, -0.1) is 0 Å². The molecule has 1 fully saturated rings. The van der Waals surface area contributed by atoms with Crippen LogP contribution in [-0.4, -0.2) is 35.4 Å². The van der Waals surface area contributed by atoms with Crippen molar-refractivity contribution in [2.24, 2.45) is 5.73 Å². The van der Waals surface area contributed by atoms with Crippen molar-refractivity contribution >= 4 is 23.1 Å². The molecule has 0 bridgehead atoms. The Kier molecular flexibility index (Phi) is 7.28. The fraction of sp³-hybridized carbons (Fsp3) is 0.333. The van der Waals surface area contributed by atoms with Crippen molar-refractivity contribution in [3.8, 4) is 6.07 Å². The number of nitrogens with one attached hydrogen (secondary N) is 3. The van der Waals surface area contributed by atoms with Gasteiger partial charge in [0.15, 0.2) is 0 Å². The lowest BCUT2D eigenvalue weighted by Crippen LogP contribution is -2.52. The first-order valence-corrected chi connectivity index (χ1v) is 10.7. The lowest BCUT2D eigenvalue weighted by atomic mass is 9.84. The Bertz CT molecular complexity index is 1100. The highest BCUT2D eigenvalue weighted by Crippen LogP contribution is 2.29. The Morgan fingerprint density at radius 1 is 1.33 bits per heavy atom. The van der Waals surface area contributed by atoms with Crippen LogP contribution in [0.4, 0.5) is 15.8 Å². The Labute approximate surface area is 192 Å². The third-order valence-electron chi connectivity index (χ3n) is 6.00. The van der Waals surface area contributed by atoms with E-state index < -0.39 is 17.3 Å². The molecule has 9 heteroatoms. The molecule has 1 aromatic heterocycles. The SMILES string of the molecule is Cc1cc(N2CCC(CC#N)(N/C=C(\C(=N)Nc3ccc(F)cc3)C(N)=O)CC2)cnc1C. The smallest absolute Gasteiger partial charge is 0.253 e. The second-order valence-corrected chi connectivity index (χ2v) is 8.27. The minimum absolute atomic E-state index is 0.0579. The number of aryl methyl sites for hydroxylation is 2. The number of rotatable bonds is 7. The van der Waals surface area contributed by atoms with E-state index in [1.165, 1.54) is 30.5 Å². The van der Waals surface area contributed by atoms with Crippen molar-refractivity contribution < 1.29 is 9.18 Å². The molecule has 1 amide bonds. The molecule has 1 aliphatic rings. The summed E-state index contributed by atoms with van der Waals surface area (Å²) in [6.45, 7) is 5.43. The topological polar surface area (TPSA) is 131 Å². The van der Waals surface area contributed by atoms with E-state index in [1.54, 1.807) is 0 Å². The van der Waals surface area contributed by atoms with Gasteiger partial charge in [0, 0.05) is 30.7 Å². The lowest BCUT2D eigenvalue weighted by Gasteiger charge is -2.42. The van der Waals surface area contributed by atoms with E-state index in [2.05, 4.69) is 32.7 Å². The summed E-state index contributed by atoms with van der Waals surface area (Å²) in [6.07, 6.45) is 4.84. The van der Waals surface area contributed by atoms with Crippen molar-refractivity contribution in [3.63, 3.8) is 0 Å². The van der Waals surface area contributed by atoms with Gasteiger partial charge in [0.2, 0.25) is 0 Å². The number of nitriles is 1. The average molecular weight is 450 g/mol. The molecule has 172 valence electrons. The molecule has 1 saturated heterocycles. The van der Waals surface area contributed by atoms with Crippen LogP contribution in [0, 0.1) is 36.4 Å². The number of hydrogen-bond acceptors (Lipinski definition) is 6. The molecule has 0 unspecified atom stereocenters. The van der Waals surface area contributed by atoms with Crippen LogP contribution in [0.5, 0.6) is 0 Å². The third-order valence-corrected chi connectivity index (χ3v) is 6.00. The van der Waals surface area contributed by atoms with E-state index in [1.807, 2.05) is 20.0 Å². The fourth-order valence-corrected chi connectivity index (χ4v) is 3.75. The van der Waals surface area contributed by atoms with Gasteiger partial charge in [-0.1, -0.05) is 0 Å². The van der Waals surface area contributed by atoms with Crippen LogP contribution in [0.3, 0.4) is 0 Å². The number of amides is 1. The molecule has 1 aliphatic heterocycles. The summed E-state index contributed by atoms with van der Waals surface area (Å²) < 4.78 is 13.1. The third kappa shape index (κ3) is 5.86. The molecular weight excluding hydrogens is 421 g/mol. The molecular formula is C24H28FN7O.